The molecule has 0 aromatic carbocycles. The Bertz CT molecular complexity index is 50.8. The lowest BCUT2D eigenvalue weighted by molar-refractivity contribution is 0.587. The van der Waals surface area contributed by atoms with Crippen LogP contribution in [-0.2, 0) is 0 Å². The van der Waals surface area contributed by atoms with Crippen molar-refractivity contribution in [2.45, 2.75) is 65.8 Å². The standard InChI is InChI=1S/C6H15N.C4H10/c1-3-5-6(7)4-2;1-3-4-2/h6H,3-5,7H2,1-2H3;3-4H2,1-2H3. The van der Waals surface area contributed by atoms with E-state index in [2.05, 4.69) is 27.7 Å². The van der Waals surface area contributed by atoms with E-state index in [9.17, 15) is 0 Å². The first-order valence-electron chi connectivity index (χ1n) is 4.98. The molecule has 0 rings (SSSR count). The van der Waals surface area contributed by atoms with Crippen molar-refractivity contribution in [2.75, 3.05) is 0 Å². The average Bonchev–Trinajstić information content (AvgIpc) is 2.05. The summed E-state index contributed by atoms with van der Waals surface area (Å²) >= 11 is 0. The second kappa shape index (κ2) is 12.6. The van der Waals surface area contributed by atoms with Crippen LogP contribution in [-0.4, -0.2) is 6.04 Å². The van der Waals surface area contributed by atoms with Gasteiger partial charge in [-0.15, -0.1) is 0 Å². The van der Waals surface area contributed by atoms with E-state index in [1.165, 1.54) is 25.7 Å². The van der Waals surface area contributed by atoms with Crippen molar-refractivity contribution in [2.24, 2.45) is 5.73 Å². The van der Waals surface area contributed by atoms with Gasteiger partial charge in [-0.2, -0.15) is 0 Å². The summed E-state index contributed by atoms with van der Waals surface area (Å²) in [4.78, 5) is 0. The van der Waals surface area contributed by atoms with E-state index in [4.69, 9.17) is 5.73 Å². The minimum Gasteiger partial charge on any atom is -0.328 e. The Kier molecular flexibility index (Phi) is 15.5. The fourth-order valence-electron chi connectivity index (χ4n) is 0.575. The third-order valence-corrected chi connectivity index (χ3v) is 1.68. The van der Waals surface area contributed by atoms with Gasteiger partial charge >= 0.3 is 0 Å². The molecule has 70 valence electrons. The lowest BCUT2D eigenvalue weighted by Gasteiger charge is -2.03. The van der Waals surface area contributed by atoms with Gasteiger partial charge in [-0.3, -0.25) is 0 Å². The summed E-state index contributed by atoms with van der Waals surface area (Å²) < 4.78 is 0. The molecular weight excluding hydrogens is 134 g/mol. The van der Waals surface area contributed by atoms with Crippen molar-refractivity contribution >= 4 is 0 Å². The van der Waals surface area contributed by atoms with Gasteiger partial charge in [0.15, 0.2) is 0 Å². The highest BCUT2D eigenvalue weighted by Crippen LogP contribution is 1.95. The van der Waals surface area contributed by atoms with Gasteiger partial charge in [-0.25, -0.2) is 0 Å². The molecule has 0 spiro atoms. The quantitative estimate of drug-likeness (QED) is 0.669. The normalized spacial score (nSPS) is 11.7. The van der Waals surface area contributed by atoms with Gasteiger partial charge in [-0.05, 0) is 12.8 Å². The molecular formula is C10H25N. The molecule has 0 bridgehead atoms. The van der Waals surface area contributed by atoms with E-state index in [1.54, 1.807) is 0 Å². The van der Waals surface area contributed by atoms with Gasteiger partial charge in [0, 0.05) is 6.04 Å². The van der Waals surface area contributed by atoms with E-state index in [-0.39, 0.29) is 0 Å². The second-order valence-corrected chi connectivity index (χ2v) is 2.96. The van der Waals surface area contributed by atoms with E-state index >= 15 is 0 Å². The Morgan fingerprint density at radius 1 is 0.909 bits per heavy atom. The van der Waals surface area contributed by atoms with Crippen LogP contribution in [0.3, 0.4) is 0 Å². The average molecular weight is 159 g/mol. The van der Waals surface area contributed by atoms with Gasteiger partial charge < -0.3 is 5.73 Å². The van der Waals surface area contributed by atoms with E-state index < -0.39 is 0 Å². The topological polar surface area (TPSA) is 26.0 Å². The third-order valence-electron chi connectivity index (χ3n) is 1.68. The summed E-state index contributed by atoms with van der Waals surface area (Å²) in [7, 11) is 0. The van der Waals surface area contributed by atoms with Crippen LogP contribution in [0.25, 0.3) is 0 Å². The van der Waals surface area contributed by atoms with Crippen LogP contribution < -0.4 is 5.73 Å². The number of rotatable bonds is 4. The minimum absolute atomic E-state index is 0.449. The zero-order chi connectivity index (χ0) is 9.11. The highest BCUT2D eigenvalue weighted by Gasteiger charge is 1.92. The summed E-state index contributed by atoms with van der Waals surface area (Å²) in [6.45, 7) is 8.65. The largest absolute Gasteiger partial charge is 0.328 e. The van der Waals surface area contributed by atoms with Crippen molar-refractivity contribution in [3.63, 3.8) is 0 Å². The molecule has 0 heterocycles. The molecule has 0 amide bonds. The van der Waals surface area contributed by atoms with Gasteiger partial charge in [-0.1, -0.05) is 47.0 Å². The summed E-state index contributed by atoms with van der Waals surface area (Å²) in [6, 6.07) is 0.449. The third kappa shape index (κ3) is 17.8. The molecule has 2 N–H and O–H groups in total. The lowest BCUT2D eigenvalue weighted by atomic mass is 10.1. The van der Waals surface area contributed by atoms with Crippen LogP contribution in [0.4, 0.5) is 0 Å². The van der Waals surface area contributed by atoms with E-state index in [0.29, 0.717) is 6.04 Å². The van der Waals surface area contributed by atoms with Crippen LogP contribution in [0.1, 0.15) is 59.8 Å². The van der Waals surface area contributed by atoms with Crippen molar-refractivity contribution in [1.29, 1.82) is 0 Å². The summed E-state index contributed by atoms with van der Waals surface area (Å²) in [5, 5.41) is 0. The maximum atomic E-state index is 5.58. The molecule has 0 saturated heterocycles. The van der Waals surface area contributed by atoms with Crippen LogP contribution in [0.5, 0.6) is 0 Å². The van der Waals surface area contributed by atoms with E-state index in [1.807, 2.05) is 0 Å². The Morgan fingerprint density at radius 2 is 1.36 bits per heavy atom. The minimum atomic E-state index is 0.449. The van der Waals surface area contributed by atoms with Gasteiger partial charge in [0.1, 0.15) is 0 Å². The van der Waals surface area contributed by atoms with Crippen molar-refractivity contribution in [3.05, 3.63) is 0 Å². The lowest BCUT2D eigenvalue weighted by Crippen LogP contribution is -2.17. The Balaban J connectivity index is 0. The fraction of sp³-hybridized carbons (Fsp3) is 1.00. The summed E-state index contributed by atoms with van der Waals surface area (Å²) in [5.74, 6) is 0. The van der Waals surface area contributed by atoms with Gasteiger partial charge in [0.05, 0.1) is 0 Å². The zero-order valence-corrected chi connectivity index (χ0v) is 8.69. The highest BCUT2D eigenvalue weighted by molar-refractivity contribution is 4.54. The molecule has 0 aromatic rings. The van der Waals surface area contributed by atoms with E-state index in [0.717, 1.165) is 6.42 Å². The Hall–Kier alpha value is -0.0400. The van der Waals surface area contributed by atoms with Crippen LogP contribution >= 0.6 is 0 Å². The van der Waals surface area contributed by atoms with Gasteiger partial charge in [0.25, 0.3) is 0 Å². The molecule has 0 aliphatic rings. The first-order chi connectivity index (χ1) is 5.22. The number of hydrogen-bond donors (Lipinski definition) is 1. The molecule has 0 aliphatic heterocycles. The monoisotopic (exact) mass is 159 g/mol. The van der Waals surface area contributed by atoms with Crippen LogP contribution in [0.2, 0.25) is 0 Å². The van der Waals surface area contributed by atoms with Gasteiger partial charge in [0.2, 0.25) is 0 Å². The molecule has 11 heavy (non-hydrogen) atoms. The number of hydrogen-bond acceptors (Lipinski definition) is 1. The zero-order valence-electron chi connectivity index (χ0n) is 8.69. The first-order valence-corrected chi connectivity index (χ1v) is 4.98. The molecule has 0 saturated carbocycles. The predicted molar refractivity (Wildman–Crippen MR) is 53.8 cm³/mol. The maximum Gasteiger partial charge on any atom is 0.00361 e. The Labute approximate surface area is 72.4 Å². The molecule has 1 unspecified atom stereocenters. The van der Waals surface area contributed by atoms with Crippen LogP contribution in [0.15, 0.2) is 0 Å². The molecule has 1 atom stereocenters. The molecule has 0 radical (unpaired) electrons. The first kappa shape index (κ1) is 13.5. The number of unbranched alkanes of at least 4 members (excludes halogenated alkanes) is 1. The predicted octanol–water partition coefficient (Wildman–Crippen LogP) is 3.33. The molecule has 1 nitrogen and oxygen atoms in total. The Morgan fingerprint density at radius 3 is 1.45 bits per heavy atom. The molecule has 1 heteroatoms. The van der Waals surface area contributed by atoms with Crippen molar-refractivity contribution in [1.82, 2.24) is 0 Å². The summed E-state index contributed by atoms with van der Waals surface area (Å²) in [6.07, 6.45) is 6.15. The van der Waals surface area contributed by atoms with Crippen molar-refractivity contribution < 1.29 is 0 Å². The van der Waals surface area contributed by atoms with Crippen LogP contribution in [0, 0.1) is 0 Å². The number of nitrogens with two attached hydrogens (primary N) is 1. The fourth-order valence-corrected chi connectivity index (χ4v) is 0.575. The van der Waals surface area contributed by atoms with Crippen molar-refractivity contribution in [3.8, 4) is 0 Å². The highest BCUT2D eigenvalue weighted by atomic mass is 14.6. The SMILES string of the molecule is CCCC.CCCC(N)CC. The summed E-state index contributed by atoms with van der Waals surface area (Å²) in [5.41, 5.74) is 5.58. The molecule has 0 aliphatic carbocycles. The second-order valence-electron chi connectivity index (χ2n) is 2.96. The smallest absolute Gasteiger partial charge is 0.00361 e. The molecule has 0 fully saturated rings. The maximum absolute atomic E-state index is 5.58. The molecule has 0 aromatic heterocycles.